The Morgan fingerprint density at radius 3 is 2.71 bits per heavy atom. The van der Waals surface area contributed by atoms with Gasteiger partial charge in [-0.25, -0.2) is 0 Å². The van der Waals surface area contributed by atoms with Crippen LogP contribution in [0.15, 0.2) is 18.2 Å². The summed E-state index contributed by atoms with van der Waals surface area (Å²) in [7, 11) is 1.96. The second kappa shape index (κ2) is 5.01. The molecule has 2 heteroatoms. The number of hydrogen-bond acceptors (Lipinski definition) is 2. The lowest BCUT2D eigenvalue weighted by molar-refractivity contribution is 0.333. The van der Waals surface area contributed by atoms with Gasteiger partial charge >= 0.3 is 0 Å². The average Bonchev–Trinajstić information content (AvgIpc) is 2.17. The van der Waals surface area contributed by atoms with Crippen LogP contribution in [0.2, 0.25) is 0 Å². The summed E-state index contributed by atoms with van der Waals surface area (Å²) in [5, 5.41) is 3.22. The van der Waals surface area contributed by atoms with Crippen molar-refractivity contribution in [1.29, 1.82) is 0 Å². The third-order valence-corrected chi connectivity index (χ3v) is 2.37. The van der Waals surface area contributed by atoms with E-state index in [0.717, 1.165) is 5.75 Å². The fraction of sp³-hybridized carbons (Fsp3) is 0.500. The minimum Gasteiger partial charge on any atom is -0.494 e. The number of benzene rings is 1. The van der Waals surface area contributed by atoms with Gasteiger partial charge in [0.25, 0.3) is 0 Å². The predicted molar refractivity (Wildman–Crippen MR) is 59.8 cm³/mol. The van der Waals surface area contributed by atoms with Crippen molar-refractivity contribution in [2.75, 3.05) is 13.7 Å². The van der Waals surface area contributed by atoms with Crippen LogP contribution in [-0.2, 0) is 0 Å². The summed E-state index contributed by atoms with van der Waals surface area (Å²) in [6.07, 6.45) is 0. The van der Waals surface area contributed by atoms with Crippen molar-refractivity contribution in [3.05, 3.63) is 29.3 Å². The SMILES string of the molecule is CCOc1cc(C)ccc1C(C)NC. The van der Waals surface area contributed by atoms with E-state index in [2.05, 4.69) is 37.4 Å². The molecule has 1 unspecified atom stereocenters. The molecule has 0 saturated carbocycles. The molecule has 0 saturated heterocycles. The maximum absolute atomic E-state index is 5.60. The second-order valence-corrected chi connectivity index (χ2v) is 3.48. The van der Waals surface area contributed by atoms with Gasteiger partial charge in [0.15, 0.2) is 0 Å². The number of nitrogens with one attached hydrogen (secondary N) is 1. The molecule has 0 aliphatic carbocycles. The highest BCUT2D eigenvalue weighted by molar-refractivity contribution is 5.39. The molecule has 1 atom stereocenters. The summed E-state index contributed by atoms with van der Waals surface area (Å²) in [6, 6.07) is 6.66. The molecule has 2 nitrogen and oxygen atoms in total. The molecule has 0 spiro atoms. The second-order valence-electron chi connectivity index (χ2n) is 3.48. The summed E-state index contributed by atoms with van der Waals surface area (Å²) >= 11 is 0. The Labute approximate surface area is 86.3 Å². The topological polar surface area (TPSA) is 21.3 Å². The smallest absolute Gasteiger partial charge is 0.124 e. The van der Waals surface area contributed by atoms with Gasteiger partial charge in [-0.05, 0) is 39.4 Å². The van der Waals surface area contributed by atoms with E-state index in [9.17, 15) is 0 Å². The Balaban J connectivity index is 3.01. The predicted octanol–water partition coefficient (Wildman–Crippen LogP) is 2.67. The van der Waals surface area contributed by atoms with E-state index in [1.165, 1.54) is 11.1 Å². The van der Waals surface area contributed by atoms with E-state index in [1.807, 2.05) is 14.0 Å². The Hall–Kier alpha value is -1.02. The van der Waals surface area contributed by atoms with Crippen molar-refractivity contribution in [3.63, 3.8) is 0 Å². The van der Waals surface area contributed by atoms with Crippen LogP contribution >= 0.6 is 0 Å². The van der Waals surface area contributed by atoms with Crippen LogP contribution in [-0.4, -0.2) is 13.7 Å². The van der Waals surface area contributed by atoms with E-state index in [0.29, 0.717) is 12.6 Å². The van der Waals surface area contributed by atoms with Gasteiger partial charge in [0.05, 0.1) is 6.61 Å². The van der Waals surface area contributed by atoms with Gasteiger partial charge in [-0.15, -0.1) is 0 Å². The summed E-state index contributed by atoms with van der Waals surface area (Å²) in [4.78, 5) is 0. The zero-order valence-corrected chi connectivity index (χ0v) is 9.42. The summed E-state index contributed by atoms with van der Waals surface area (Å²) < 4.78 is 5.60. The highest BCUT2D eigenvalue weighted by Crippen LogP contribution is 2.25. The average molecular weight is 193 g/mol. The molecule has 0 heterocycles. The molecular weight excluding hydrogens is 174 g/mol. The molecule has 0 fully saturated rings. The first kappa shape index (κ1) is 11.1. The number of ether oxygens (including phenoxy) is 1. The zero-order chi connectivity index (χ0) is 10.6. The molecule has 1 aromatic carbocycles. The highest BCUT2D eigenvalue weighted by Gasteiger charge is 2.09. The van der Waals surface area contributed by atoms with Gasteiger partial charge < -0.3 is 10.1 Å². The standard InChI is InChI=1S/C12H19NO/c1-5-14-12-8-9(2)6-7-11(12)10(3)13-4/h6-8,10,13H,5H2,1-4H3. The zero-order valence-electron chi connectivity index (χ0n) is 9.42. The van der Waals surface area contributed by atoms with Crippen molar-refractivity contribution < 1.29 is 4.74 Å². The minimum absolute atomic E-state index is 0.331. The summed E-state index contributed by atoms with van der Waals surface area (Å²) in [5.41, 5.74) is 2.46. The summed E-state index contributed by atoms with van der Waals surface area (Å²) in [6.45, 7) is 6.94. The number of rotatable bonds is 4. The molecule has 0 amide bonds. The van der Waals surface area contributed by atoms with Gasteiger partial charge in [0.1, 0.15) is 5.75 Å². The fourth-order valence-corrected chi connectivity index (χ4v) is 1.44. The fourth-order valence-electron chi connectivity index (χ4n) is 1.44. The van der Waals surface area contributed by atoms with Gasteiger partial charge in [-0.2, -0.15) is 0 Å². The van der Waals surface area contributed by atoms with Crippen LogP contribution < -0.4 is 10.1 Å². The summed E-state index contributed by atoms with van der Waals surface area (Å²) in [5.74, 6) is 0.995. The van der Waals surface area contributed by atoms with E-state index in [4.69, 9.17) is 4.74 Å². The van der Waals surface area contributed by atoms with Crippen LogP contribution in [0.5, 0.6) is 5.75 Å². The Morgan fingerprint density at radius 1 is 1.43 bits per heavy atom. The van der Waals surface area contributed by atoms with Crippen LogP contribution in [0, 0.1) is 6.92 Å². The molecule has 78 valence electrons. The van der Waals surface area contributed by atoms with E-state index in [-0.39, 0.29) is 0 Å². The van der Waals surface area contributed by atoms with Crippen LogP contribution in [0.4, 0.5) is 0 Å². The lowest BCUT2D eigenvalue weighted by atomic mass is 10.1. The van der Waals surface area contributed by atoms with Gasteiger partial charge in [-0.3, -0.25) is 0 Å². The van der Waals surface area contributed by atoms with Gasteiger partial charge in [0.2, 0.25) is 0 Å². The maximum Gasteiger partial charge on any atom is 0.124 e. The highest BCUT2D eigenvalue weighted by atomic mass is 16.5. The quantitative estimate of drug-likeness (QED) is 0.793. The lowest BCUT2D eigenvalue weighted by Crippen LogP contribution is -2.13. The van der Waals surface area contributed by atoms with Crippen molar-refractivity contribution in [1.82, 2.24) is 5.32 Å². The molecule has 1 N–H and O–H groups in total. The van der Waals surface area contributed by atoms with Gasteiger partial charge in [0, 0.05) is 11.6 Å². The largest absolute Gasteiger partial charge is 0.494 e. The lowest BCUT2D eigenvalue weighted by Gasteiger charge is -2.16. The molecule has 1 aromatic rings. The molecule has 14 heavy (non-hydrogen) atoms. The maximum atomic E-state index is 5.60. The molecule has 1 rings (SSSR count). The van der Waals surface area contributed by atoms with Crippen LogP contribution in [0.3, 0.4) is 0 Å². The molecule has 0 radical (unpaired) electrons. The van der Waals surface area contributed by atoms with E-state index >= 15 is 0 Å². The van der Waals surface area contributed by atoms with Crippen molar-refractivity contribution >= 4 is 0 Å². The Kier molecular flexibility index (Phi) is 3.96. The van der Waals surface area contributed by atoms with Crippen molar-refractivity contribution in [2.45, 2.75) is 26.8 Å². The number of hydrogen-bond donors (Lipinski definition) is 1. The monoisotopic (exact) mass is 193 g/mol. The van der Waals surface area contributed by atoms with E-state index in [1.54, 1.807) is 0 Å². The van der Waals surface area contributed by atoms with Crippen LogP contribution in [0.25, 0.3) is 0 Å². The Bertz CT molecular complexity index is 296. The molecule has 0 aromatic heterocycles. The van der Waals surface area contributed by atoms with Crippen molar-refractivity contribution in [2.24, 2.45) is 0 Å². The van der Waals surface area contributed by atoms with Gasteiger partial charge in [-0.1, -0.05) is 12.1 Å². The first-order valence-corrected chi connectivity index (χ1v) is 5.09. The molecule has 0 aliphatic rings. The van der Waals surface area contributed by atoms with E-state index < -0.39 is 0 Å². The molecule has 0 aliphatic heterocycles. The van der Waals surface area contributed by atoms with Crippen LogP contribution in [0.1, 0.15) is 31.0 Å². The minimum atomic E-state index is 0.331. The molecular formula is C12H19NO. The first-order valence-electron chi connectivity index (χ1n) is 5.09. The first-order chi connectivity index (χ1) is 6.69. The van der Waals surface area contributed by atoms with Crippen molar-refractivity contribution in [3.8, 4) is 5.75 Å². The third kappa shape index (κ3) is 2.48. The number of aryl methyl sites for hydroxylation is 1. The third-order valence-electron chi connectivity index (χ3n) is 2.37. The normalized spacial score (nSPS) is 12.6. The molecule has 0 bridgehead atoms. The Morgan fingerprint density at radius 2 is 2.14 bits per heavy atom.